The van der Waals surface area contributed by atoms with Gasteiger partial charge in [0.05, 0.1) is 5.69 Å². The van der Waals surface area contributed by atoms with E-state index in [4.69, 9.17) is 4.74 Å². The Hall–Kier alpha value is -2.90. The fraction of sp³-hybridized carbons (Fsp3) is 0.0556. The van der Waals surface area contributed by atoms with Crippen molar-refractivity contribution in [1.29, 1.82) is 0 Å². The molecule has 0 unspecified atom stereocenters. The van der Waals surface area contributed by atoms with E-state index in [-0.39, 0.29) is 17.2 Å². The first kappa shape index (κ1) is 16.9. The van der Waals surface area contributed by atoms with Crippen LogP contribution >= 0.6 is 0 Å². The number of amides is 1. The fourth-order valence-corrected chi connectivity index (χ4v) is 3.35. The highest BCUT2D eigenvalue weighted by Gasteiger charge is 2.21. The Morgan fingerprint density at radius 2 is 1.64 bits per heavy atom. The number of benzene rings is 3. The maximum absolute atomic E-state index is 12.0. The molecule has 1 amide bonds. The molecule has 6 nitrogen and oxygen atoms in total. The van der Waals surface area contributed by atoms with Crippen LogP contribution in [-0.4, -0.2) is 19.1 Å². The number of carbonyl (C=O) groups excluding carboxylic acids is 1. The standard InChI is InChI=1S/C18H15NO5S/c20-18(24-12-13-6-2-1-3-7-13)19-16-11-10-14-8-4-5-9-15(14)17(16)25(21,22)23/h1-11H,12H2,(H,19,20)(H,21,22,23). The van der Waals surface area contributed by atoms with Gasteiger partial charge in [0.15, 0.2) is 0 Å². The summed E-state index contributed by atoms with van der Waals surface area (Å²) in [4.78, 5) is 11.6. The van der Waals surface area contributed by atoms with Gasteiger partial charge >= 0.3 is 6.09 Å². The van der Waals surface area contributed by atoms with E-state index in [1.807, 2.05) is 18.2 Å². The van der Waals surface area contributed by atoms with Crippen LogP contribution in [0.15, 0.2) is 71.6 Å². The zero-order valence-corrected chi connectivity index (χ0v) is 13.9. The zero-order valence-electron chi connectivity index (χ0n) is 13.0. The molecule has 0 radical (unpaired) electrons. The summed E-state index contributed by atoms with van der Waals surface area (Å²) in [6, 6.07) is 18.8. The Morgan fingerprint density at radius 1 is 0.960 bits per heavy atom. The summed E-state index contributed by atoms with van der Waals surface area (Å²) >= 11 is 0. The van der Waals surface area contributed by atoms with E-state index in [0.717, 1.165) is 5.56 Å². The van der Waals surface area contributed by atoms with Crippen LogP contribution < -0.4 is 5.32 Å². The maximum Gasteiger partial charge on any atom is 0.411 e. The average molecular weight is 357 g/mol. The predicted molar refractivity (Wildman–Crippen MR) is 94.0 cm³/mol. The molecule has 3 rings (SSSR count). The third-order valence-corrected chi connectivity index (χ3v) is 4.54. The topological polar surface area (TPSA) is 92.7 Å². The van der Waals surface area contributed by atoms with E-state index in [9.17, 15) is 17.8 Å². The van der Waals surface area contributed by atoms with Crippen molar-refractivity contribution in [2.75, 3.05) is 5.32 Å². The van der Waals surface area contributed by atoms with Gasteiger partial charge in [0, 0.05) is 5.39 Å². The second-order valence-electron chi connectivity index (χ2n) is 5.33. The van der Waals surface area contributed by atoms with Crippen molar-refractivity contribution in [3.8, 4) is 0 Å². The SMILES string of the molecule is O=C(Nc1ccc2ccccc2c1S(=O)(=O)O)OCc1ccccc1. The summed E-state index contributed by atoms with van der Waals surface area (Å²) in [6.07, 6.45) is -0.816. The van der Waals surface area contributed by atoms with Crippen LogP contribution in [0.5, 0.6) is 0 Å². The first-order valence-corrected chi connectivity index (χ1v) is 8.86. The highest BCUT2D eigenvalue weighted by atomic mass is 32.2. The van der Waals surface area contributed by atoms with Gasteiger partial charge in [-0.05, 0) is 17.0 Å². The van der Waals surface area contributed by atoms with E-state index < -0.39 is 16.2 Å². The number of hydrogen-bond acceptors (Lipinski definition) is 4. The van der Waals surface area contributed by atoms with E-state index in [0.29, 0.717) is 10.8 Å². The highest BCUT2D eigenvalue weighted by molar-refractivity contribution is 7.86. The molecule has 0 aliphatic carbocycles. The minimum Gasteiger partial charge on any atom is -0.444 e. The summed E-state index contributed by atoms with van der Waals surface area (Å²) in [5.41, 5.74) is 0.755. The Morgan fingerprint density at radius 3 is 2.36 bits per heavy atom. The molecule has 0 bridgehead atoms. The van der Waals surface area contributed by atoms with Crippen LogP contribution in [0.1, 0.15) is 5.56 Å². The third kappa shape index (κ3) is 3.96. The van der Waals surface area contributed by atoms with Gasteiger partial charge in [-0.2, -0.15) is 8.42 Å². The number of carbonyl (C=O) groups is 1. The van der Waals surface area contributed by atoms with Crippen molar-refractivity contribution in [2.24, 2.45) is 0 Å². The number of fused-ring (bicyclic) bond motifs is 1. The monoisotopic (exact) mass is 357 g/mol. The Labute approximate surface area is 144 Å². The smallest absolute Gasteiger partial charge is 0.411 e. The van der Waals surface area contributed by atoms with E-state index >= 15 is 0 Å². The van der Waals surface area contributed by atoms with Crippen LogP contribution in [0.4, 0.5) is 10.5 Å². The van der Waals surface area contributed by atoms with E-state index in [1.54, 1.807) is 42.5 Å². The molecular formula is C18H15NO5S. The van der Waals surface area contributed by atoms with Gasteiger partial charge in [0.2, 0.25) is 0 Å². The second-order valence-corrected chi connectivity index (χ2v) is 6.68. The maximum atomic E-state index is 12.0. The van der Waals surface area contributed by atoms with E-state index in [1.165, 1.54) is 6.07 Å². The molecular weight excluding hydrogens is 342 g/mol. The van der Waals surface area contributed by atoms with Crippen LogP contribution in [-0.2, 0) is 21.5 Å². The van der Waals surface area contributed by atoms with Crippen LogP contribution in [0, 0.1) is 0 Å². The molecule has 0 atom stereocenters. The molecule has 0 aliphatic rings. The number of rotatable bonds is 4. The summed E-state index contributed by atoms with van der Waals surface area (Å²) < 4.78 is 38.2. The molecule has 0 spiro atoms. The van der Waals surface area contributed by atoms with Crippen LogP contribution in [0.3, 0.4) is 0 Å². The number of ether oxygens (including phenoxy) is 1. The average Bonchev–Trinajstić information content (AvgIpc) is 2.59. The third-order valence-electron chi connectivity index (χ3n) is 3.59. The van der Waals surface area contributed by atoms with Crippen LogP contribution in [0.25, 0.3) is 10.8 Å². The van der Waals surface area contributed by atoms with E-state index in [2.05, 4.69) is 5.32 Å². The highest BCUT2D eigenvalue weighted by Crippen LogP contribution is 2.30. The molecule has 0 aromatic heterocycles. The molecule has 0 saturated carbocycles. The molecule has 3 aromatic carbocycles. The lowest BCUT2D eigenvalue weighted by Crippen LogP contribution is -2.16. The first-order chi connectivity index (χ1) is 11.9. The Kier molecular flexibility index (Phi) is 4.69. The molecule has 0 fully saturated rings. The summed E-state index contributed by atoms with van der Waals surface area (Å²) in [6.45, 7) is 0.0431. The molecule has 25 heavy (non-hydrogen) atoms. The van der Waals surface area contributed by atoms with Gasteiger partial charge < -0.3 is 4.74 Å². The second kappa shape index (κ2) is 6.92. The minimum absolute atomic E-state index is 0.0424. The molecule has 0 heterocycles. The minimum atomic E-state index is -4.54. The van der Waals surface area contributed by atoms with Crippen molar-refractivity contribution in [2.45, 2.75) is 11.5 Å². The number of anilines is 1. The zero-order chi connectivity index (χ0) is 17.9. The van der Waals surface area contributed by atoms with Crippen LogP contribution in [0.2, 0.25) is 0 Å². The molecule has 0 aliphatic heterocycles. The van der Waals surface area contributed by atoms with Crippen molar-refractivity contribution in [1.82, 2.24) is 0 Å². The van der Waals surface area contributed by atoms with Crippen molar-refractivity contribution in [3.05, 3.63) is 72.3 Å². The van der Waals surface area contributed by atoms with Gasteiger partial charge in [0.25, 0.3) is 10.1 Å². The fourth-order valence-electron chi connectivity index (χ4n) is 2.49. The van der Waals surface area contributed by atoms with Crippen molar-refractivity contribution < 1.29 is 22.5 Å². The molecule has 128 valence electrons. The summed E-state index contributed by atoms with van der Waals surface area (Å²) in [5, 5.41) is 3.31. The first-order valence-electron chi connectivity index (χ1n) is 7.42. The lowest BCUT2D eigenvalue weighted by molar-refractivity contribution is 0.155. The van der Waals surface area contributed by atoms with Crippen molar-refractivity contribution >= 4 is 32.7 Å². The number of nitrogens with one attached hydrogen (secondary N) is 1. The molecule has 2 N–H and O–H groups in total. The predicted octanol–water partition coefficient (Wildman–Crippen LogP) is 3.84. The lowest BCUT2D eigenvalue weighted by Gasteiger charge is -2.12. The van der Waals surface area contributed by atoms with Gasteiger partial charge in [-0.3, -0.25) is 9.87 Å². The summed E-state index contributed by atoms with van der Waals surface area (Å²) in [5.74, 6) is 0. The quantitative estimate of drug-likeness (QED) is 0.692. The van der Waals surface area contributed by atoms with Crippen molar-refractivity contribution in [3.63, 3.8) is 0 Å². The Bertz CT molecular complexity index is 1020. The molecule has 3 aromatic rings. The molecule has 7 heteroatoms. The lowest BCUT2D eigenvalue weighted by atomic mass is 10.1. The largest absolute Gasteiger partial charge is 0.444 e. The summed E-state index contributed by atoms with van der Waals surface area (Å²) in [7, 11) is -4.54. The number of hydrogen-bond donors (Lipinski definition) is 2. The normalized spacial score (nSPS) is 11.2. The Balaban J connectivity index is 1.87. The van der Waals surface area contributed by atoms with Gasteiger partial charge in [-0.15, -0.1) is 0 Å². The van der Waals surface area contributed by atoms with Gasteiger partial charge in [-0.1, -0.05) is 60.7 Å². The van der Waals surface area contributed by atoms with Gasteiger partial charge in [0.1, 0.15) is 11.5 Å². The molecule has 0 saturated heterocycles. The van der Waals surface area contributed by atoms with Gasteiger partial charge in [-0.25, -0.2) is 4.79 Å².